The lowest BCUT2D eigenvalue weighted by Crippen LogP contribution is -2.50. The molecule has 1 aliphatic carbocycles. The van der Waals surface area contributed by atoms with Crippen molar-refractivity contribution in [1.29, 1.82) is 5.26 Å². The summed E-state index contributed by atoms with van der Waals surface area (Å²) in [5.74, 6) is 1.02. The Hall–Kier alpha value is -0.440. The Bertz CT molecular complexity index is 392. The first kappa shape index (κ1) is 15.0. The molecule has 3 rings (SSSR count). The van der Waals surface area contributed by atoms with Gasteiger partial charge in [-0.2, -0.15) is 5.26 Å². The lowest BCUT2D eigenvalue weighted by molar-refractivity contribution is -0.132. The number of halogens is 1. The third-order valence-corrected chi connectivity index (χ3v) is 5.94. The zero-order valence-electron chi connectivity index (χ0n) is 10.9. The standard InChI is InChI=1S/C13H19N3OS.ClH/c14-8-10-4-3-7-16(10)12(17)11-9-18-13(15-11)5-1-2-6-13;/h10-11,15H,1-7,9H2;1H/t10-,11-;/m0./s1. The minimum atomic E-state index is -0.190. The van der Waals surface area contributed by atoms with Gasteiger partial charge in [0, 0.05) is 12.3 Å². The fourth-order valence-electron chi connectivity index (χ4n) is 3.38. The van der Waals surface area contributed by atoms with E-state index >= 15 is 0 Å². The molecular formula is C13H20ClN3OS. The van der Waals surface area contributed by atoms with Crippen LogP contribution >= 0.6 is 24.2 Å². The van der Waals surface area contributed by atoms with Gasteiger partial charge in [0.05, 0.1) is 17.0 Å². The summed E-state index contributed by atoms with van der Waals surface area (Å²) in [5, 5.41) is 12.6. The van der Waals surface area contributed by atoms with Crippen LogP contribution in [0, 0.1) is 11.3 Å². The van der Waals surface area contributed by atoms with Crippen molar-refractivity contribution in [2.45, 2.75) is 55.5 Å². The van der Waals surface area contributed by atoms with Gasteiger partial charge in [0.1, 0.15) is 6.04 Å². The molecule has 19 heavy (non-hydrogen) atoms. The zero-order valence-corrected chi connectivity index (χ0v) is 12.6. The van der Waals surface area contributed by atoms with Crippen LogP contribution < -0.4 is 5.32 Å². The number of carbonyl (C=O) groups excluding carboxylic acids is 1. The minimum Gasteiger partial charge on any atom is -0.325 e. The van der Waals surface area contributed by atoms with Crippen molar-refractivity contribution < 1.29 is 4.79 Å². The number of nitriles is 1. The molecule has 3 aliphatic rings. The molecule has 106 valence electrons. The largest absolute Gasteiger partial charge is 0.325 e. The molecule has 0 aromatic rings. The SMILES string of the molecule is Cl.N#C[C@@H]1CCCN1C(=O)[C@@H]1CSC2(CCCC2)N1. The van der Waals surface area contributed by atoms with Gasteiger partial charge in [-0.1, -0.05) is 12.8 Å². The molecule has 2 aliphatic heterocycles. The number of carbonyl (C=O) groups is 1. The van der Waals surface area contributed by atoms with Crippen LogP contribution in [0.3, 0.4) is 0 Å². The lowest BCUT2D eigenvalue weighted by atomic mass is 10.2. The van der Waals surface area contributed by atoms with Crippen molar-refractivity contribution in [3.8, 4) is 6.07 Å². The maximum Gasteiger partial charge on any atom is 0.241 e. The number of likely N-dealkylation sites (tertiary alicyclic amines) is 1. The van der Waals surface area contributed by atoms with E-state index in [2.05, 4.69) is 11.4 Å². The molecule has 0 unspecified atom stereocenters. The van der Waals surface area contributed by atoms with Gasteiger partial charge >= 0.3 is 0 Å². The highest BCUT2D eigenvalue weighted by atomic mass is 35.5. The Morgan fingerprint density at radius 2 is 2.11 bits per heavy atom. The first-order valence-electron chi connectivity index (χ1n) is 6.86. The second kappa shape index (κ2) is 5.90. The van der Waals surface area contributed by atoms with Gasteiger partial charge in [-0.15, -0.1) is 24.2 Å². The Labute approximate surface area is 124 Å². The first-order chi connectivity index (χ1) is 8.74. The van der Waals surface area contributed by atoms with Crippen LogP contribution in [0.25, 0.3) is 0 Å². The quantitative estimate of drug-likeness (QED) is 0.804. The van der Waals surface area contributed by atoms with Crippen LogP contribution in [0.15, 0.2) is 0 Å². The highest BCUT2D eigenvalue weighted by Gasteiger charge is 2.45. The molecular weight excluding hydrogens is 282 g/mol. The first-order valence-corrected chi connectivity index (χ1v) is 7.84. The molecule has 2 heterocycles. The minimum absolute atomic E-state index is 0. The molecule has 3 fully saturated rings. The van der Waals surface area contributed by atoms with Crippen LogP contribution in [0.2, 0.25) is 0 Å². The number of nitrogens with zero attached hydrogens (tertiary/aromatic N) is 2. The Kier molecular flexibility index (Phi) is 4.65. The van der Waals surface area contributed by atoms with E-state index in [0.717, 1.165) is 25.1 Å². The van der Waals surface area contributed by atoms with Gasteiger partial charge < -0.3 is 4.90 Å². The molecule has 1 spiro atoms. The number of hydrogen-bond donors (Lipinski definition) is 1. The molecule has 0 radical (unpaired) electrons. The molecule has 6 heteroatoms. The maximum absolute atomic E-state index is 12.5. The van der Waals surface area contributed by atoms with Crippen molar-refractivity contribution in [1.82, 2.24) is 10.2 Å². The van der Waals surface area contributed by atoms with Crippen molar-refractivity contribution in [3.05, 3.63) is 0 Å². The summed E-state index contributed by atoms with van der Waals surface area (Å²) in [6, 6.07) is 1.99. The third kappa shape index (κ3) is 2.72. The van der Waals surface area contributed by atoms with Crippen molar-refractivity contribution >= 4 is 30.1 Å². The summed E-state index contributed by atoms with van der Waals surface area (Å²) in [6.45, 7) is 0.757. The van der Waals surface area contributed by atoms with E-state index in [0.29, 0.717) is 0 Å². The van der Waals surface area contributed by atoms with E-state index in [1.165, 1.54) is 25.7 Å². The average molecular weight is 302 g/mol. The van der Waals surface area contributed by atoms with Crippen molar-refractivity contribution in [2.24, 2.45) is 0 Å². The smallest absolute Gasteiger partial charge is 0.241 e. The van der Waals surface area contributed by atoms with Gasteiger partial charge in [0.15, 0.2) is 0 Å². The maximum atomic E-state index is 12.5. The predicted octanol–water partition coefficient (Wildman–Crippen LogP) is 1.90. The summed E-state index contributed by atoms with van der Waals surface area (Å²) in [4.78, 5) is 14.4. The highest BCUT2D eigenvalue weighted by Crippen LogP contribution is 2.44. The molecule has 1 amide bonds. The number of amides is 1. The average Bonchev–Trinajstić information content (AvgIpc) is 3.11. The van der Waals surface area contributed by atoms with Crippen molar-refractivity contribution in [2.75, 3.05) is 12.3 Å². The molecule has 0 bridgehead atoms. The van der Waals surface area contributed by atoms with Crippen LogP contribution in [0.5, 0.6) is 0 Å². The summed E-state index contributed by atoms with van der Waals surface area (Å²) in [7, 11) is 0. The van der Waals surface area contributed by atoms with E-state index in [1.807, 2.05) is 11.8 Å². The predicted molar refractivity (Wildman–Crippen MR) is 78.2 cm³/mol. The lowest BCUT2D eigenvalue weighted by Gasteiger charge is -2.26. The third-order valence-electron chi connectivity index (χ3n) is 4.36. The highest BCUT2D eigenvalue weighted by molar-refractivity contribution is 8.01. The molecule has 2 atom stereocenters. The van der Waals surface area contributed by atoms with E-state index in [4.69, 9.17) is 5.26 Å². The van der Waals surface area contributed by atoms with Gasteiger partial charge in [-0.3, -0.25) is 10.1 Å². The molecule has 4 nitrogen and oxygen atoms in total. The van der Waals surface area contributed by atoms with Gasteiger partial charge in [-0.25, -0.2) is 0 Å². The van der Waals surface area contributed by atoms with E-state index in [-0.39, 0.29) is 35.3 Å². The second-order valence-electron chi connectivity index (χ2n) is 5.53. The van der Waals surface area contributed by atoms with Crippen LogP contribution in [0.4, 0.5) is 0 Å². The summed E-state index contributed by atoms with van der Waals surface area (Å²) in [6.07, 6.45) is 6.71. The fraction of sp³-hybridized carbons (Fsp3) is 0.846. The topological polar surface area (TPSA) is 56.1 Å². The van der Waals surface area contributed by atoms with Crippen LogP contribution in [-0.4, -0.2) is 40.1 Å². The van der Waals surface area contributed by atoms with E-state index in [1.54, 1.807) is 4.90 Å². The fourth-order valence-corrected chi connectivity index (χ4v) is 4.89. The number of rotatable bonds is 1. The van der Waals surface area contributed by atoms with Crippen molar-refractivity contribution in [3.63, 3.8) is 0 Å². The summed E-state index contributed by atoms with van der Waals surface area (Å²) < 4.78 is 0. The number of thioether (sulfide) groups is 1. The number of nitrogens with one attached hydrogen (secondary N) is 1. The Morgan fingerprint density at radius 1 is 1.37 bits per heavy atom. The molecule has 2 saturated heterocycles. The summed E-state index contributed by atoms with van der Waals surface area (Å²) >= 11 is 1.91. The normalized spacial score (nSPS) is 32.3. The van der Waals surface area contributed by atoms with Crippen LogP contribution in [-0.2, 0) is 4.79 Å². The van der Waals surface area contributed by atoms with Gasteiger partial charge in [0.2, 0.25) is 5.91 Å². The van der Waals surface area contributed by atoms with E-state index < -0.39 is 0 Å². The van der Waals surface area contributed by atoms with Gasteiger partial charge in [0.25, 0.3) is 0 Å². The van der Waals surface area contributed by atoms with Crippen LogP contribution in [0.1, 0.15) is 38.5 Å². The zero-order chi connectivity index (χ0) is 12.6. The summed E-state index contributed by atoms with van der Waals surface area (Å²) in [5.41, 5.74) is 0. The van der Waals surface area contributed by atoms with E-state index in [9.17, 15) is 4.79 Å². The van der Waals surface area contributed by atoms with Gasteiger partial charge in [-0.05, 0) is 25.7 Å². The Morgan fingerprint density at radius 3 is 2.79 bits per heavy atom. The molecule has 0 aromatic heterocycles. The molecule has 1 N–H and O–H groups in total. The monoisotopic (exact) mass is 301 g/mol. The number of hydrogen-bond acceptors (Lipinski definition) is 4. The molecule has 1 saturated carbocycles. The second-order valence-corrected chi connectivity index (χ2v) is 6.93. The molecule has 0 aromatic carbocycles. The Balaban J connectivity index is 0.00000133.